The van der Waals surface area contributed by atoms with Crippen molar-refractivity contribution < 1.29 is 14.4 Å². The van der Waals surface area contributed by atoms with Gasteiger partial charge in [0.25, 0.3) is 0 Å². The fraction of sp³-hybridized carbons (Fsp3) is 0.0769. The molecule has 17 heavy (non-hydrogen) atoms. The zero-order valence-corrected chi connectivity index (χ0v) is 9.24. The van der Waals surface area contributed by atoms with Crippen LogP contribution >= 0.6 is 0 Å². The topological polar surface area (TPSA) is 38.7 Å². The van der Waals surface area contributed by atoms with Gasteiger partial charge in [0.05, 0.1) is 0 Å². The first-order valence-corrected chi connectivity index (χ1v) is 5.28. The minimum absolute atomic E-state index is 0.465. The van der Waals surface area contributed by atoms with Crippen LogP contribution in [-0.2, 0) is 6.61 Å². The molecule has 1 N–H and O–H groups in total. The van der Waals surface area contributed by atoms with Gasteiger partial charge in [-0.15, -0.1) is 0 Å². The highest BCUT2D eigenvalue weighted by molar-refractivity contribution is 6.17. The van der Waals surface area contributed by atoms with E-state index in [1.807, 2.05) is 42.5 Å². The lowest BCUT2D eigenvalue weighted by molar-refractivity contribution is 0.294. The van der Waals surface area contributed by atoms with E-state index in [0.29, 0.717) is 25.8 Å². The Morgan fingerprint density at radius 2 is 1.53 bits per heavy atom. The molecule has 0 saturated carbocycles. The van der Waals surface area contributed by atoms with Crippen LogP contribution in [0.5, 0.6) is 11.5 Å². The first-order valence-electron chi connectivity index (χ1n) is 5.28. The maximum absolute atomic E-state index is 8.63. The molecular formula is C13H12BO3. The fourth-order valence-corrected chi connectivity index (χ4v) is 1.46. The molecule has 4 heteroatoms. The molecule has 85 valence electrons. The number of rotatable bonds is 5. The molecule has 0 aliphatic carbocycles. The molecule has 0 spiro atoms. The van der Waals surface area contributed by atoms with Gasteiger partial charge in [-0.2, -0.15) is 0 Å². The fourth-order valence-electron chi connectivity index (χ4n) is 1.46. The highest BCUT2D eigenvalue weighted by atomic mass is 16.5. The monoisotopic (exact) mass is 227 g/mol. The molecule has 3 nitrogen and oxygen atoms in total. The van der Waals surface area contributed by atoms with Crippen molar-refractivity contribution in [3.05, 3.63) is 60.2 Å². The molecule has 0 aromatic heterocycles. The van der Waals surface area contributed by atoms with Gasteiger partial charge in [-0.05, 0) is 17.7 Å². The van der Waals surface area contributed by atoms with Crippen molar-refractivity contribution in [3.63, 3.8) is 0 Å². The molecule has 1 radical (unpaired) electrons. The zero-order valence-electron chi connectivity index (χ0n) is 9.24. The van der Waals surface area contributed by atoms with E-state index in [4.69, 9.17) is 14.4 Å². The van der Waals surface area contributed by atoms with Crippen molar-refractivity contribution in [2.45, 2.75) is 6.61 Å². The minimum atomic E-state index is 0.465. The average Bonchev–Trinajstić information content (AvgIpc) is 2.39. The van der Waals surface area contributed by atoms with Gasteiger partial charge in [0.15, 0.2) is 5.75 Å². The highest BCUT2D eigenvalue weighted by Gasteiger charge is 2.04. The lowest BCUT2D eigenvalue weighted by Crippen LogP contribution is -2.03. The number of benzene rings is 2. The van der Waals surface area contributed by atoms with E-state index in [1.54, 1.807) is 12.1 Å². The summed E-state index contributed by atoms with van der Waals surface area (Å²) in [6, 6.07) is 17.0. The molecule has 0 unspecified atom stereocenters. The van der Waals surface area contributed by atoms with Gasteiger partial charge < -0.3 is 14.4 Å². The van der Waals surface area contributed by atoms with Crippen molar-refractivity contribution in [1.82, 2.24) is 0 Å². The Morgan fingerprint density at radius 3 is 2.24 bits per heavy atom. The van der Waals surface area contributed by atoms with E-state index < -0.39 is 0 Å². The predicted molar refractivity (Wildman–Crippen MR) is 65.8 cm³/mol. The van der Waals surface area contributed by atoms with E-state index in [0.717, 1.165) is 5.56 Å². The second kappa shape index (κ2) is 5.96. The van der Waals surface area contributed by atoms with Crippen LogP contribution in [0, 0.1) is 0 Å². The molecule has 0 aliphatic rings. The summed E-state index contributed by atoms with van der Waals surface area (Å²) >= 11 is 0. The van der Waals surface area contributed by atoms with E-state index >= 15 is 0 Å². The zero-order chi connectivity index (χ0) is 11.9. The Kier molecular flexibility index (Phi) is 4.05. The smallest absolute Gasteiger partial charge is 0.535 e. The van der Waals surface area contributed by atoms with E-state index in [1.165, 1.54) is 0 Å². The van der Waals surface area contributed by atoms with Crippen LogP contribution in [0.4, 0.5) is 0 Å². The molecule has 0 heterocycles. The summed E-state index contributed by atoms with van der Waals surface area (Å²) in [5, 5.41) is 8.63. The quantitative estimate of drug-likeness (QED) is 0.795. The van der Waals surface area contributed by atoms with Crippen LogP contribution in [-0.4, -0.2) is 12.7 Å². The van der Waals surface area contributed by atoms with Crippen molar-refractivity contribution in [2.75, 3.05) is 0 Å². The third-order valence-electron chi connectivity index (χ3n) is 2.27. The summed E-state index contributed by atoms with van der Waals surface area (Å²) in [5.74, 6) is 1.09. The predicted octanol–water partition coefficient (Wildman–Crippen LogP) is 2.17. The highest BCUT2D eigenvalue weighted by Crippen LogP contribution is 2.26. The van der Waals surface area contributed by atoms with Crippen LogP contribution in [0.1, 0.15) is 5.56 Å². The number of ether oxygens (including phenoxy) is 1. The van der Waals surface area contributed by atoms with Gasteiger partial charge in [0.2, 0.25) is 0 Å². The Labute approximate surface area is 101 Å². The number of para-hydroxylation sites is 2. The Morgan fingerprint density at radius 1 is 0.882 bits per heavy atom. The SMILES string of the molecule is O[B]Oc1ccccc1OCc1ccccc1. The Bertz CT molecular complexity index is 459. The summed E-state index contributed by atoms with van der Waals surface area (Å²) < 4.78 is 10.6. The van der Waals surface area contributed by atoms with Gasteiger partial charge >= 0.3 is 7.69 Å². The van der Waals surface area contributed by atoms with Gasteiger partial charge in [0.1, 0.15) is 12.4 Å². The molecule has 0 bridgehead atoms. The second-order valence-electron chi connectivity index (χ2n) is 3.44. The van der Waals surface area contributed by atoms with Gasteiger partial charge in [-0.3, -0.25) is 0 Å². The van der Waals surface area contributed by atoms with E-state index in [-0.39, 0.29) is 0 Å². The molecular weight excluding hydrogens is 215 g/mol. The molecule has 0 amide bonds. The van der Waals surface area contributed by atoms with Crippen molar-refractivity contribution >= 4 is 7.69 Å². The molecule has 0 saturated heterocycles. The Balaban J connectivity index is 2.03. The van der Waals surface area contributed by atoms with Crippen molar-refractivity contribution in [3.8, 4) is 11.5 Å². The lowest BCUT2D eigenvalue weighted by Gasteiger charge is -2.10. The van der Waals surface area contributed by atoms with Crippen LogP contribution < -0.4 is 9.39 Å². The van der Waals surface area contributed by atoms with E-state index in [9.17, 15) is 0 Å². The Hall–Kier alpha value is -1.94. The van der Waals surface area contributed by atoms with Crippen LogP contribution in [0.2, 0.25) is 0 Å². The second-order valence-corrected chi connectivity index (χ2v) is 3.44. The molecule has 0 fully saturated rings. The lowest BCUT2D eigenvalue weighted by atomic mass is 10.2. The maximum Gasteiger partial charge on any atom is 0.569 e. The third kappa shape index (κ3) is 3.26. The summed E-state index contributed by atoms with van der Waals surface area (Å²) in [5.41, 5.74) is 1.08. The number of hydrogen-bond donors (Lipinski definition) is 1. The number of hydrogen-bond acceptors (Lipinski definition) is 3. The average molecular weight is 227 g/mol. The molecule has 0 aliphatic heterocycles. The summed E-state index contributed by atoms with van der Waals surface area (Å²) in [6.45, 7) is 0.465. The first-order chi connectivity index (χ1) is 8.40. The van der Waals surface area contributed by atoms with Gasteiger partial charge in [-0.25, -0.2) is 0 Å². The van der Waals surface area contributed by atoms with E-state index in [2.05, 4.69) is 0 Å². The van der Waals surface area contributed by atoms with Crippen molar-refractivity contribution in [2.24, 2.45) is 0 Å². The summed E-state index contributed by atoms with van der Waals surface area (Å²) in [7, 11) is 0.644. The van der Waals surface area contributed by atoms with Crippen LogP contribution in [0.25, 0.3) is 0 Å². The summed E-state index contributed by atoms with van der Waals surface area (Å²) in [4.78, 5) is 0. The largest absolute Gasteiger partial charge is 0.569 e. The third-order valence-corrected chi connectivity index (χ3v) is 2.27. The van der Waals surface area contributed by atoms with Gasteiger partial charge in [0, 0.05) is 0 Å². The standard InChI is InChI=1S/C13H12BO3/c15-14-17-13-9-5-4-8-12(13)16-10-11-6-2-1-3-7-11/h1-9,15H,10H2. The van der Waals surface area contributed by atoms with Crippen molar-refractivity contribution in [1.29, 1.82) is 0 Å². The molecule has 2 rings (SSSR count). The molecule has 0 atom stereocenters. The van der Waals surface area contributed by atoms with Gasteiger partial charge in [-0.1, -0.05) is 42.5 Å². The molecule has 2 aromatic carbocycles. The van der Waals surface area contributed by atoms with Crippen LogP contribution in [0.3, 0.4) is 0 Å². The van der Waals surface area contributed by atoms with Crippen LogP contribution in [0.15, 0.2) is 54.6 Å². The first kappa shape index (κ1) is 11.5. The minimum Gasteiger partial charge on any atom is -0.535 e. The normalized spacial score (nSPS) is 9.71. The molecule has 2 aromatic rings. The maximum atomic E-state index is 8.63. The summed E-state index contributed by atoms with van der Waals surface area (Å²) in [6.07, 6.45) is 0.